The second-order valence-electron chi connectivity index (χ2n) is 7.32. The molecule has 146 valence electrons. The first-order valence-electron chi connectivity index (χ1n) is 9.76. The maximum Gasteiger partial charge on any atom is 0.193 e. The van der Waals surface area contributed by atoms with Crippen LogP contribution in [-0.4, -0.2) is 30.5 Å². The summed E-state index contributed by atoms with van der Waals surface area (Å²) in [6.07, 6.45) is 9.14. The number of fused-ring (bicyclic) bond motifs is 1. The summed E-state index contributed by atoms with van der Waals surface area (Å²) in [5.74, 6) is 1.44. The minimum absolute atomic E-state index is 0. The van der Waals surface area contributed by atoms with Crippen LogP contribution in [0.5, 0.6) is 0 Å². The van der Waals surface area contributed by atoms with Crippen molar-refractivity contribution in [3.05, 3.63) is 53.5 Å². The van der Waals surface area contributed by atoms with Crippen molar-refractivity contribution in [2.45, 2.75) is 44.6 Å². The van der Waals surface area contributed by atoms with Crippen molar-refractivity contribution in [1.82, 2.24) is 4.90 Å². The molecule has 0 bridgehead atoms. The second-order valence-corrected chi connectivity index (χ2v) is 7.32. The molecule has 6 heteroatoms. The Bertz CT molecular complexity index is 754. The molecule has 1 aliphatic heterocycles. The third-order valence-corrected chi connectivity index (χ3v) is 5.51. The van der Waals surface area contributed by atoms with Crippen LogP contribution >= 0.6 is 24.0 Å². The molecule has 4 rings (SSSR count). The maximum absolute atomic E-state index is 6.17. The predicted molar refractivity (Wildman–Crippen MR) is 121 cm³/mol. The first-order chi connectivity index (χ1) is 12.8. The highest BCUT2D eigenvalue weighted by Crippen LogP contribution is 2.26. The number of hydrogen-bond donors (Lipinski definition) is 2. The lowest BCUT2D eigenvalue weighted by molar-refractivity contribution is 0.150. The number of anilines is 1. The van der Waals surface area contributed by atoms with Crippen molar-refractivity contribution in [2.75, 3.05) is 25.0 Å². The predicted octanol–water partition coefficient (Wildman–Crippen LogP) is 4.34. The van der Waals surface area contributed by atoms with Gasteiger partial charge in [-0.25, -0.2) is 0 Å². The van der Waals surface area contributed by atoms with Crippen molar-refractivity contribution in [2.24, 2.45) is 10.7 Å². The van der Waals surface area contributed by atoms with Crippen molar-refractivity contribution in [1.29, 1.82) is 0 Å². The van der Waals surface area contributed by atoms with Crippen molar-refractivity contribution in [3.63, 3.8) is 0 Å². The van der Waals surface area contributed by atoms with Gasteiger partial charge in [-0.2, -0.15) is 0 Å². The number of aryl methyl sites for hydroxylation is 2. The zero-order valence-corrected chi connectivity index (χ0v) is 18.0. The lowest BCUT2D eigenvalue weighted by Crippen LogP contribution is -2.36. The summed E-state index contributed by atoms with van der Waals surface area (Å²) in [5, 5.41) is 3.25. The minimum atomic E-state index is 0. The SMILES string of the molecule is I.NC(=NCC(c1ccco1)N1CCCCC1)Nc1ccc2c(c1)CCC2. The fourth-order valence-corrected chi connectivity index (χ4v) is 4.12. The molecule has 2 heterocycles. The number of nitrogens with zero attached hydrogens (tertiary/aromatic N) is 2. The standard InChI is InChI=1S/C21H28N4O.HI/c22-21(24-18-10-9-16-6-4-7-17(16)14-18)23-15-19(20-8-5-13-26-20)25-11-2-1-3-12-25;/h5,8-10,13-14,19H,1-4,6-7,11-12,15H2,(H3,22,23,24);1H. The van der Waals surface area contributed by atoms with E-state index in [4.69, 9.17) is 10.2 Å². The molecule has 1 aromatic heterocycles. The van der Waals surface area contributed by atoms with E-state index in [0.29, 0.717) is 12.5 Å². The Morgan fingerprint density at radius 1 is 1.11 bits per heavy atom. The van der Waals surface area contributed by atoms with Gasteiger partial charge in [-0.05, 0) is 80.6 Å². The third kappa shape index (κ3) is 5.04. The van der Waals surface area contributed by atoms with Crippen molar-refractivity contribution >= 4 is 35.6 Å². The second kappa shape index (κ2) is 9.59. The molecule has 5 nitrogen and oxygen atoms in total. The van der Waals surface area contributed by atoms with Crippen LogP contribution in [-0.2, 0) is 12.8 Å². The van der Waals surface area contributed by atoms with Crippen LogP contribution in [0.3, 0.4) is 0 Å². The van der Waals surface area contributed by atoms with Gasteiger partial charge in [-0.3, -0.25) is 9.89 Å². The van der Waals surface area contributed by atoms with Crippen LogP contribution in [0.2, 0.25) is 0 Å². The largest absolute Gasteiger partial charge is 0.468 e. The number of likely N-dealkylation sites (tertiary alicyclic amines) is 1. The van der Waals surface area contributed by atoms with E-state index in [0.717, 1.165) is 31.0 Å². The van der Waals surface area contributed by atoms with Crippen molar-refractivity contribution in [3.8, 4) is 0 Å². The Morgan fingerprint density at radius 3 is 2.70 bits per heavy atom. The van der Waals surface area contributed by atoms with Gasteiger partial charge in [-0.1, -0.05) is 12.5 Å². The number of halogens is 1. The first kappa shape index (κ1) is 20.2. The molecule has 1 atom stereocenters. The van der Waals surface area contributed by atoms with Crippen LogP contribution in [0.15, 0.2) is 46.0 Å². The number of rotatable bonds is 5. The molecule has 1 fully saturated rings. The van der Waals surface area contributed by atoms with Gasteiger partial charge in [0.25, 0.3) is 0 Å². The van der Waals surface area contributed by atoms with E-state index in [-0.39, 0.29) is 30.0 Å². The summed E-state index contributed by atoms with van der Waals surface area (Å²) in [5.41, 5.74) is 10.1. The molecule has 0 radical (unpaired) electrons. The molecule has 2 aliphatic rings. The van der Waals surface area contributed by atoms with E-state index >= 15 is 0 Å². The number of guanidine groups is 1. The number of aliphatic imine (C=N–C) groups is 1. The fraction of sp³-hybridized carbons (Fsp3) is 0.476. The summed E-state index contributed by atoms with van der Waals surface area (Å²) in [6.45, 7) is 2.80. The molecular weight excluding hydrogens is 451 g/mol. The van der Waals surface area contributed by atoms with Gasteiger partial charge in [-0.15, -0.1) is 24.0 Å². The van der Waals surface area contributed by atoms with Crippen LogP contribution in [0, 0.1) is 0 Å². The third-order valence-electron chi connectivity index (χ3n) is 5.51. The van der Waals surface area contributed by atoms with Gasteiger partial charge in [0, 0.05) is 5.69 Å². The van der Waals surface area contributed by atoms with Gasteiger partial charge in [0.1, 0.15) is 5.76 Å². The molecular formula is C21H29IN4O. The summed E-state index contributed by atoms with van der Waals surface area (Å²) < 4.78 is 5.68. The highest BCUT2D eigenvalue weighted by molar-refractivity contribution is 14.0. The van der Waals surface area contributed by atoms with E-state index in [1.54, 1.807) is 6.26 Å². The lowest BCUT2D eigenvalue weighted by atomic mass is 10.1. The van der Waals surface area contributed by atoms with E-state index in [9.17, 15) is 0 Å². The molecule has 1 unspecified atom stereocenters. The maximum atomic E-state index is 6.17. The van der Waals surface area contributed by atoms with E-state index in [1.165, 1.54) is 43.2 Å². The summed E-state index contributed by atoms with van der Waals surface area (Å²) >= 11 is 0. The average molecular weight is 480 g/mol. The van der Waals surface area contributed by atoms with E-state index in [2.05, 4.69) is 33.4 Å². The van der Waals surface area contributed by atoms with Crippen LogP contribution in [0.4, 0.5) is 5.69 Å². The Hall–Kier alpha value is -1.54. The Kier molecular flexibility index (Phi) is 7.18. The Morgan fingerprint density at radius 2 is 1.93 bits per heavy atom. The summed E-state index contributed by atoms with van der Waals surface area (Å²) in [7, 11) is 0. The number of nitrogens with one attached hydrogen (secondary N) is 1. The number of benzene rings is 1. The molecule has 2 aromatic rings. The highest BCUT2D eigenvalue weighted by atomic mass is 127. The Balaban J connectivity index is 0.00000210. The average Bonchev–Trinajstić information content (AvgIpc) is 3.34. The van der Waals surface area contributed by atoms with E-state index in [1.807, 2.05) is 12.1 Å². The zero-order valence-electron chi connectivity index (χ0n) is 15.7. The topological polar surface area (TPSA) is 66.8 Å². The zero-order chi connectivity index (χ0) is 17.8. The summed E-state index contributed by atoms with van der Waals surface area (Å²) in [6, 6.07) is 10.7. The monoisotopic (exact) mass is 480 g/mol. The van der Waals surface area contributed by atoms with E-state index < -0.39 is 0 Å². The molecule has 3 N–H and O–H groups in total. The molecule has 1 aliphatic carbocycles. The first-order valence-corrected chi connectivity index (χ1v) is 9.76. The smallest absolute Gasteiger partial charge is 0.193 e. The molecule has 0 spiro atoms. The molecule has 0 amide bonds. The Labute approximate surface area is 178 Å². The van der Waals surface area contributed by atoms with Crippen LogP contribution in [0.1, 0.15) is 48.6 Å². The fourth-order valence-electron chi connectivity index (χ4n) is 4.12. The van der Waals surface area contributed by atoms with Gasteiger partial charge < -0.3 is 15.5 Å². The molecule has 27 heavy (non-hydrogen) atoms. The normalized spacial score (nSPS) is 18.6. The number of piperidine rings is 1. The van der Waals surface area contributed by atoms with Gasteiger partial charge in [0.15, 0.2) is 5.96 Å². The van der Waals surface area contributed by atoms with Gasteiger partial charge in [0.05, 0.1) is 18.8 Å². The number of furan rings is 1. The van der Waals surface area contributed by atoms with Crippen LogP contribution < -0.4 is 11.1 Å². The summed E-state index contributed by atoms with van der Waals surface area (Å²) in [4.78, 5) is 7.09. The molecule has 0 saturated carbocycles. The minimum Gasteiger partial charge on any atom is -0.468 e. The van der Waals surface area contributed by atoms with Crippen molar-refractivity contribution < 1.29 is 4.42 Å². The highest BCUT2D eigenvalue weighted by Gasteiger charge is 2.24. The number of hydrogen-bond acceptors (Lipinski definition) is 3. The molecule has 1 saturated heterocycles. The van der Waals surface area contributed by atoms with Gasteiger partial charge in [0.2, 0.25) is 0 Å². The van der Waals surface area contributed by atoms with Crippen LogP contribution in [0.25, 0.3) is 0 Å². The van der Waals surface area contributed by atoms with Gasteiger partial charge >= 0.3 is 0 Å². The lowest BCUT2D eigenvalue weighted by Gasteiger charge is -2.32. The molecule has 1 aromatic carbocycles. The quantitative estimate of drug-likeness (QED) is 0.380. The number of nitrogens with two attached hydrogens (primary N) is 1.